The highest BCUT2D eigenvalue weighted by molar-refractivity contribution is 6.21. The lowest BCUT2D eigenvalue weighted by atomic mass is 9.88. The molecule has 0 bridgehead atoms. The first-order chi connectivity index (χ1) is 11.4. The van der Waals surface area contributed by atoms with Crippen molar-refractivity contribution in [1.82, 2.24) is 0 Å². The second-order valence-electron chi connectivity index (χ2n) is 6.73. The normalized spacial score (nSPS) is 20.9. The zero-order chi connectivity index (χ0) is 17.6. The highest BCUT2D eigenvalue weighted by Gasteiger charge is 2.35. The number of carbonyl (C=O) groups is 1. The quantitative estimate of drug-likeness (QED) is 0.610. The molecule has 0 aliphatic heterocycles. The van der Waals surface area contributed by atoms with E-state index in [1.54, 1.807) is 6.07 Å². The number of hydrogen-bond donors (Lipinski definition) is 1. The highest BCUT2D eigenvalue weighted by atomic mass is 35.5. The topological polar surface area (TPSA) is 46.5 Å². The minimum atomic E-state index is -0.395. The molecule has 0 saturated carbocycles. The lowest BCUT2D eigenvalue weighted by molar-refractivity contribution is 0.0601. The van der Waals surface area contributed by atoms with Gasteiger partial charge in [0.1, 0.15) is 5.75 Å². The van der Waals surface area contributed by atoms with Crippen LogP contribution < -0.4 is 0 Å². The molecule has 3 rings (SSSR count). The highest BCUT2D eigenvalue weighted by Crippen LogP contribution is 2.51. The van der Waals surface area contributed by atoms with Crippen LogP contribution in [-0.2, 0) is 4.74 Å². The molecule has 24 heavy (non-hydrogen) atoms. The Labute approximate surface area is 147 Å². The van der Waals surface area contributed by atoms with E-state index in [0.717, 1.165) is 23.8 Å². The Kier molecular flexibility index (Phi) is 4.48. The molecular formula is C20H23ClO3. The van der Waals surface area contributed by atoms with E-state index in [-0.39, 0.29) is 17.0 Å². The van der Waals surface area contributed by atoms with Crippen molar-refractivity contribution in [2.45, 2.75) is 50.8 Å². The maximum atomic E-state index is 11.9. The maximum Gasteiger partial charge on any atom is 0.337 e. The molecule has 3 nitrogen and oxygen atoms in total. The molecule has 4 heteroatoms. The molecule has 3 unspecified atom stereocenters. The minimum Gasteiger partial charge on any atom is -0.507 e. The predicted molar refractivity (Wildman–Crippen MR) is 97.4 cm³/mol. The zero-order valence-corrected chi connectivity index (χ0v) is 15.3. The number of carbonyl (C=O) groups excluding carboxylic acids is 1. The van der Waals surface area contributed by atoms with Crippen molar-refractivity contribution in [1.29, 1.82) is 0 Å². The maximum absolute atomic E-state index is 11.9. The molecule has 2 aromatic carbocycles. The number of benzene rings is 2. The number of alkyl halides is 1. The van der Waals surface area contributed by atoms with E-state index in [1.807, 2.05) is 26.0 Å². The van der Waals surface area contributed by atoms with Crippen molar-refractivity contribution < 1.29 is 14.6 Å². The van der Waals surface area contributed by atoms with Gasteiger partial charge < -0.3 is 9.84 Å². The summed E-state index contributed by atoms with van der Waals surface area (Å²) in [6.45, 7) is 6.18. The first kappa shape index (κ1) is 17.1. The van der Waals surface area contributed by atoms with Crippen molar-refractivity contribution in [2.24, 2.45) is 0 Å². The predicted octanol–water partition coefficient (Wildman–Crippen LogP) is 5.25. The molecule has 0 aromatic heterocycles. The summed E-state index contributed by atoms with van der Waals surface area (Å²) in [5.74, 6) is 0.506. The Hall–Kier alpha value is -1.74. The van der Waals surface area contributed by atoms with Gasteiger partial charge >= 0.3 is 5.97 Å². The van der Waals surface area contributed by atoms with Gasteiger partial charge in [0.05, 0.1) is 12.7 Å². The molecule has 1 N–H and O–H groups in total. The molecule has 0 fully saturated rings. The van der Waals surface area contributed by atoms with Gasteiger partial charge in [-0.1, -0.05) is 6.92 Å². The summed E-state index contributed by atoms with van der Waals surface area (Å²) in [5, 5.41) is 12.3. The standard InChI is InChI=1S/C20H23ClO3/c1-5-12-7-14(11(3)21)19-15(12)9-17(22)16-8-13(20(23)24-4)6-10(2)18(16)19/h6,8-9,11-12,14,22H,5,7H2,1-4H3. The number of aromatic hydroxyl groups is 1. The smallest absolute Gasteiger partial charge is 0.337 e. The number of esters is 1. The van der Waals surface area contributed by atoms with E-state index in [1.165, 1.54) is 18.2 Å². The van der Waals surface area contributed by atoms with E-state index in [2.05, 4.69) is 6.92 Å². The van der Waals surface area contributed by atoms with Crippen molar-refractivity contribution in [3.63, 3.8) is 0 Å². The van der Waals surface area contributed by atoms with Gasteiger partial charge in [0, 0.05) is 16.7 Å². The molecule has 128 valence electrons. The molecule has 0 saturated heterocycles. The Balaban J connectivity index is 2.35. The number of rotatable bonds is 3. The van der Waals surface area contributed by atoms with Crippen LogP contribution >= 0.6 is 11.6 Å². The van der Waals surface area contributed by atoms with E-state index in [9.17, 15) is 9.90 Å². The third-order valence-corrected chi connectivity index (χ3v) is 5.61. The molecule has 0 radical (unpaired) electrons. The fourth-order valence-corrected chi connectivity index (χ4v) is 4.35. The molecule has 2 aromatic rings. The van der Waals surface area contributed by atoms with E-state index in [4.69, 9.17) is 16.3 Å². The van der Waals surface area contributed by atoms with Crippen molar-refractivity contribution in [3.05, 3.63) is 40.5 Å². The van der Waals surface area contributed by atoms with Gasteiger partial charge in [0.25, 0.3) is 0 Å². The van der Waals surface area contributed by atoms with Crippen LogP contribution in [0.5, 0.6) is 5.75 Å². The fraction of sp³-hybridized carbons (Fsp3) is 0.450. The number of fused-ring (bicyclic) bond motifs is 3. The Morgan fingerprint density at radius 2 is 2.12 bits per heavy atom. The zero-order valence-electron chi connectivity index (χ0n) is 14.5. The summed E-state index contributed by atoms with van der Waals surface area (Å²) in [6.07, 6.45) is 2.03. The molecule has 0 heterocycles. The van der Waals surface area contributed by atoms with Gasteiger partial charge in [0.15, 0.2) is 0 Å². The lowest BCUT2D eigenvalue weighted by Crippen LogP contribution is -2.07. The van der Waals surface area contributed by atoms with Crippen LogP contribution in [0.3, 0.4) is 0 Å². The van der Waals surface area contributed by atoms with E-state index < -0.39 is 5.97 Å². The second kappa shape index (κ2) is 6.29. The van der Waals surface area contributed by atoms with Crippen LogP contribution in [0.1, 0.15) is 65.6 Å². The summed E-state index contributed by atoms with van der Waals surface area (Å²) in [7, 11) is 1.36. The van der Waals surface area contributed by atoms with Crippen LogP contribution in [0, 0.1) is 6.92 Å². The fourth-order valence-electron chi connectivity index (χ4n) is 4.12. The second-order valence-corrected chi connectivity index (χ2v) is 7.42. The van der Waals surface area contributed by atoms with Crippen LogP contribution in [0.15, 0.2) is 18.2 Å². The molecule has 1 aliphatic rings. The van der Waals surface area contributed by atoms with Crippen LogP contribution in [0.25, 0.3) is 10.8 Å². The van der Waals surface area contributed by atoms with Crippen LogP contribution in [-0.4, -0.2) is 23.6 Å². The van der Waals surface area contributed by atoms with Gasteiger partial charge in [-0.15, -0.1) is 11.6 Å². The Morgan fingerprint density at radius 3 is 2.71 bits per heavy atom. The van der Waals surface area contributed by atoms with Gasteiger partial charge in [-0.25, -0.2) is 4.79 Å². The molecule has 0 amide bonds. The molecule has 1 aliphatic carbocycles. The minimum absolute atomic E-state index is 0.0210. The van der Waals surface area contributed by atoms with Crippen molar-refractivity contribution in [3.8, 4) is 5.75 Å². The summed E-state index contributed by atoms with van der Waals surface area (Å²) in [4.78, 5) is 11.9. The van der Waals surface area contributed by atoms with Crippen molar-refractivity contribution >= 4 is 28.3 Å². The summed E-state index contributed by atoms with van der Waals surface area (Å²) < 4.78 is 4.82. The number of ether oxygens (including phenoxy) is 1. The van der Waals surface area contributed by atoms with Crippen LogP contribution in [0.2, 0.25) is 0 Å². The largest absolute Gasteiger partial charge is 0.507 e. The van der Waals surface area contributed by atoms with Crippen molar-refractivity contribution in [2.75, 3.05) is 7.11 Å². The molecule has 0 spiro atoms. The SMILES string of the molecule is CCC1CC(C(C)Cl)c2c1cc(O)c1cc(C(=O)OC)cc(C)c21. The van der Waals surface area contributed by atoms with E-state index >= 15 is 0 Å². The monoisotopic (exact) mass is 346 g/mol. The number of phenolic OH excluding ortho intramolecular Hbond substituents is 1. The summed E-state index contributed by atoms with van der Waals surface area (Å²) in [6, 6.07) is 5.42. The number of aryl methyl sites for hydroxylation is 1. The average molecular weight is 347 g/mol. The number of halogens is 1. The number of hydrogen-bond acceptors (Lipinski definition) is 3. The first-order valence-corrected chi connectivity index (χ1v) is 8.85. The first-order valence-electron chi connectivity index (χ1n) is 8.41. The van der Waals surface area contributed by atoms with Gasteiger partial charge in [-0.05, 0) is 72.9 Å². The third-order valence-electron chi connectivity index (χ3n) is 5.30. The van der Waals surface area contributed by atoms with Crippen LogP contribution in [0.4, 0.5) is 0 Å². The number of phenols is 1. The summed E-state index contributed by atoms with van der Waals surface area (Å²) in [5.41, 5.74) is 3.87. The van der Waals surface area contributed by atoms with E-state index in [0.29, 0.717) is 16.9 Å². The van der Waals surface area contributed by atoms with Gasteiger partial charge in [-0.2, -0.15) is 0 Å². The summed E-state index contributed by atoms with van der Waals surface area (Å²) >= 11 is 6.49. The third kappa shape index (κ3) is 2.55. The Bertz CT molecular complexity index is 810. The average Bonchev–Trinajstić information content (AvgIpc) is 2.92. The molecular weight excluding hydrogens is 324 g/mol. The Morgan fingerprint density at radius 1 is 1.42 bits per heavy atom. The molecule has 3 atom stereocenters. The lowest BCUT2D eigenvalue weighted by Gasteiger charge is -2.19. The van der Waals surface area contributed by atoms with Gasteiger partial charge in [-0.3, -0.25) is 0 Å². The van der Waals surface area contributed by atoms with Gasteiger partial charge in [0.2, 0.25) is 0 Å². The number of methoxy groups -OCH3 is 1.